The maximum atomic E-state index is 12.7. The van der Waals surface area contributed by atoms with Crippen molar-refractivity contribution in [1.82, 2.24) is 25.0 Å². The third kappa shape index (κ3) is 3.86. The molecule has 3 heterocycles. The topological polar surface area (TPSA) is 98.1 Å². The van der Waals surface area contributed by atoms with Gasteiger partial charge in [-0.2, -0.15) is 5.10 Å². The second-order valence-corrected chi connectivity index (χ2v) is 5.96. The lowest BCUT2D eigenvalue weighted by Crippen LogP contribution is -2.15. The molecule has 1 N–H and O–H groups in total. The quantitative estimate of drug-likeness (QED) is 0.711. The average molecular weight is 367 g/mol. The van der Waals surface area contributed by atoms with Crippen LogP contribution in [0, 0.1) is 0 Å². The van der Waals surface area contributed by atoms with Crippen molar-refractivity contribution >= 4 is 17.4 Å². The number of carbonyl (C=O) groups excluding carboxylic acids is 1. The van der Waals surface area contributed by atoms with Crippen molar-refractivity contribution in [2.45, 2.75) is 13.3 Å². The number of aromatic nitrogens is 5. The molecule has 0 saturated carbocycles. The summed E-state index contributed by atoms with van der Waals surface area (Å²) in [5.74, 6) is 1.49. The second kappa shape index (κ2) is 7.81. The zero-order valence-corrected chi connectivity index (χ0v) is 15.7. The smallest absolute Gasteiger partial charge is 0.259 e. The minimum Gasteiger partial charge on any atom is -0.480 e. The summed E-state index contributed by atoms with van der Waals surface area (Å²) in [4.78, 5) is 18.9. The Kier molecular flexibility index (Phi) is 5.30. The number of methoxy groups -OCH3 is 1. The van der Waals surface area contributed by atoms with E-state index in [2.05, 4.69) is 25.6 Å². The number of nitrogens with zero attached hydrogens (tertiary/aromatic N) is 6. The Morgan fingerprint density at radius 3 is 2.56 bits per heavy atom. The van der Waals surface area contributed by atoms with Gasteiger partial charge in [0.25, 0.3) is 5.91 Å². The largest absolute Gasteiger partial charge is 0.480 e. The summed E-state index contributed by atoms with van der Waals surface area (Å²) in [5.41, 5.74) is 1.83. The standard InChI is InChI=1S/C18H21N7O2/c1-5-14-13(11-20-25(14)16-8-9-17(27-4)23-22-16)18(26)21-12-6-7-15(19-10-12)24(2)3/h6-11H,5H2,1-4H3,(H,21,26). The molecule has 0 fully saturated rings. The second-order valence-electron chi connectivity index (χ2n) is 5.96. The monoisotopic (exact) mass is 367 g/mol. The fraction of sp³-hybridized carbons (Fsp3) is 0.278. The van der Waals surface area contributed by atoms with E-state index in [0.717, 1.165) is 11.5 Å². The van der Waals surface area contributed by atoms with E-state index < -0.39 is 0 Å². The molecule has 27 heavy (non-hydrogen) atoms. The van der Waals surface area contributed by atoms with Crippen molar-refractivity contribution in [3.63, 3.8) is 0 Å². The Morgan fingerprint density at radius 2 is 2.00 bits per heavy atom. The molecule has 3 rings (SSSR count). The van der Waals surface area contributed by atoms with Crippen LogP contribution in [0.5, 0.6) is 5.88 Å². The molecule has 0 atom stereocenters. The predicted octanol–water partition coefficient (Wildman–Crippen LogP) is 1.95. The van der Waals surface area contributed by atoms with Crippen molar-refractivity contribution < 1.29 is 9.53 Å². The molecule has 0 radical (unpaired) electrons. The van der Waals surface area contributed by atoms with E-state index in [1.165, 1.54) is 13.3 Å². The highest BCUT2D eigenvalue weighted by Gasteiger charge is 2.18. The van der Waals surface area contributed by atoms with Gasteiger partial charge in [0.15, 0.2) is 5.82 Å². The van der Waals surface area contributed by atoms with Crippen molar-refractivity contribution in [2.24, 2.45) is 0 Å². The molecular formula is C18H21N7O2. The van der Waals surface area contributed by atoms with E-state index in [1.54, 1.807) is 23.0 Å². The van der Waals surface area contributed by atoms with Crippen LogP contribution in [0.25, 0.3) is 5.82 Å². The number of nitrogens with one attached hydrogen (secondary N) is 1. The first kappa shape index (κ1) is 18.3. The summed E-state index contributed by atoms with van der Waals surface area (Å²) in [6, 6.07) is 7.09. The number of hydrogen-bond acceptors (Lipinski definition) is 7. The van der Waals surface area contributed by atoms with Gasteiger partial charge in [-0.3, -0.25) is 4.79 Å². The highest BCUT2D eigenvalue weighted by molar-refractivity contribution is 6.05. The normalized spacial score (nSPS) is 10.5. The van der Waals surface area contributed by atoms with Gasteiger partial charge in [-0.25, -0.2) is 9.67 Å². The molecule has 1 amide bonds. The summed E-state index contributed by atoms with van der Waals surface area (Å²) in [6.07, 6.45) is 3.76. The van der Waals surface area contributed by atoms with Crippen LogP contribution in [0.3, 0.4) is 0 Å². The van der Waals surface area contributed by atoms with Gasteiger partial charge in [0.05, 0.1) is 36.4 Å². The van der Waals surface area contributed by atoms with Crippen LogP contribution >= 0.6 is 0 Å². The van der Waals surface area contributed by atoms with Crippen LogP contribution in [0.4, 0.5) is 11.5 Å². The van der Waals surface area contributed by atoms with Gasteiger partial charge in [-0.1, -0.05) is 6.92 Å². The van der Waals surface area contributed by atoms with E-state index in [9.17, 15) is 4.79 Å². The van der Waals surface area contributed by atoms with Crippen molar-refractivity contribution in [3.8, 4) is 11.7 Å². The zero-order valence-electron chi connectivity index (χ0n) is 15.7. The number of ether oxygens (including phenoxy) is 1. The Labute approximate surface area is 157 Å². The van der Waals surface area contributed by atoms with Gasteiger partial charge in [-0.15, -0.1) is 10.2 Å². The minimum absolute atomic E-state index is 0.251. The molecule has 0 aliphatic rings. The molecule has 9 heteroatoms. The number of pyridine rings is 1. The first-order valence-electron chi connectivity index (χ1n) is 8.43. The van der Waals surface area contributed by atoms with Crippen molar-refractivity contribution in [3.05, 3.63) is 47.9 Å². The minimum atomic E-state index is -0.251. The molecule has 140 valence electrons. The highest BCUT2D eigenvalue weighted by atomic mass is 16.5. The van der Waals surface area contributed by atoms with E-state index in [1.807, 2.05) is 38.1 Å². The number of rotatable bonds is 6. The van der Waals surface area contributed by atoms with Crippen LogP contribution in [-0.4, -0.2) is 52.1 Å². The molecule has 0 bridgehead atoms. The SMILES string of the molecule is CCc1c(C(=O)Nc2ccc(N(C)C)nc2)cnn1-c1ccc(OC)nn1. The highest BCUT2D eigenvalue weighted by Crippen LogP contribution is 2.18. The molecule has 0 aliphatic carbocycles. The molecular weight excluding hydrogens is 346 g/mol. The van der Waals surface area contributed by atoms with Gasteiger partial charge < -0.3 is 15.0 Å². The Bertz CT molecular complexity index is 918. The number of carbonyl (C=O) groups is 1. The van der Waals surface area contributed by atoms with Crippen molar-refractivity contribution in [2.75, 3.05) is 31.4 Å². The third-order valence-corrected chi connectivity index (χ3v) is 3.96. The maximum Gasteiger partial charge on any atom is 0.259 e. The van der Waals surface area contributed by atoms with E-state index in [-0.39, 0.29) is 5.91 Å². The summed E-state index contributed by atoms with van der Waals surface area (Å²) in [5, 5.41) is 15.2. The van der Waals surface area contributed by atoms with Gasteiger partial charge in [-0.05, 0) is 24.6 Å². The molecule has 3 aromatic heterocycles. The molecule has 0 aliphatic heterocycles. The van der Waals surface area contributed by atoms with Gasteiger partial charge in [0, 0.05) is 20.2 Å². The predicted molar refractivity (Wildman–Crippen MR) is 102 cm³/mol. The molecule has 0 unspecified atom stereocenters. The maximum absolute atomic E-state index is 12.7. The van der Waals surface area contributed by atoms with Gasteiger partial charge >= 0.3 is 0 Å². The lowest BCUT2D eigenvalue weighted by Gasteiger charge is -2.12. The zero-order chi connectivity index (χ0) is 19.4. The molecule has 0 spiro atoms. The Balaban J connectivity index is 1.83. The summed E-state index contributed by atoms with van der Waals surface area (Å²) < 4.78 is 6.62. The average Bonchev–Trinajstić information content (AvgIpc) is 3.12. The fourth-order valence-electron chi connectivity index (χ4n) is 2.56. The van der Waals surface area contributed by atoms with Crippen LogP contribution < -0.4 is 15.0 Å². The van der Waals surface area contributed by atoms with E-state index in [0.29, 0.717) is 29.4 Å². The first-order valence-corrected chi connectivity index (χ1v) is 8.43. The molecule has 3 aromatic rings. The number of amides is 1. The third-order valence-electron chi connectivity index (χ3n) is 3.96. The lowest BCUT2D eigenvalue weighted by molar-refractivity contribution is 0.102. The Morgan fingerprint density at radius 1 is 1.19 bits per heavy atom. The van der Waals surface area contributed by atoms with E-state index >= 15 is 0 Å². The lowest BCUT2D eigenvalue weighted by atomic mass is 10.2. The van der Waals surface area contributed by atoms with Gasteiger partial charge in [0.1, 0.15) is 5.82 Å². The van der Waals surface area contributed by atoms with Crippen LogP contribution in [0.2, 0.25) is 0 Å². The molecule has 0 aromatic carbocycles. The number of anilines is 2. The summed E-state index contributed by atoms with van der Waals surface area (Å²) in [6.45, 7) is 1.95. The number of hydrogen-bond donors (Lipinski definition) is 1. The van der Waals surface area contributed by atoms with Crippen LogP contribution in [0.15, 0.2) is 36.7 Å². The van der Waals surface area contributed by atoms with E-state index in [4.69, 9.17) is 4.74 Å². The molecule has 9 nitrogen and oxygen atoms in total. The van der Waals surface area contributed by atoms with Crippen LogP contribution in [-0.2, 0) is 6.42 Å². The van der Waals surface area contributed by atoms with Crippen molar-refractivity contribution in [1.29, 1.82) is 0 Å². The molecule has 0 saturated heterocycles. The fourth-order valence-corrected chi connectivity index (χ4v) is 2.56. The summed E-state index contributed by atoms with van der Waals surface area (Å²) >= 11 is 0. The Hall–Kier alpha value is -3.49. The first-order chi connectivity index (χ1) is 13.0. The van der Waals surface area contributed by atoms with Gasteiger partial charge in [0.2, 0.25) is 5.88 Å². The summed E-state index contributed by atoms with van der Waals surface area (Å²) in [7, 11) is 5.34. The van der Waals surface area contributed by atoms with Crippen LogP contribution in [0.1, 0.15) is 23.0 Å².